The number of aryl methyl sites for hydroxylation is 2. The molecule has 1 aromatic rings. The monoisotopic (exact) mass is 278 g/mol. The Morgan fingerprint density at radius 2 is 2.25 bits per heavy atom. The zero-order valence-corrected chi connectivity index (χ0v) is 13.0. The molecule has 0 aromatic carbocycles. The van der Waals surface area contributed by atoms with Gasteiger partial charge in [-0.25, -0.2) is 0 Å². The molecule has 1 aromatic heterocycles. The second-order valence-corrected chi connectivity index (χ2v) is 5.60. The average Bonchev–Trinajstić information content (AvgIpc) is 2.86. The van der Waals surface area contributed by atoms with Crippen molar-refractivity contribution in [3.05, 3.63) is 17.5 Å². The van der Waals surface area contributed by atoms with E-state index in [1.54, 1.807) is 4.68 Å². The summed E-state index contributed by atoms with van der Waals surface area (Å²) in [5.74, 6) is 0.657. The molecule has 20 heavy (non-hydrogen) atoms. The van der Waals surface area contributed by atoms with Crippen molar-refractivity contribution in [2.45, 2.75) is 39.2 Å². The van der Waals surface area contributed by atoms with Gasteiger partial charge in [-0.15, -0.1) is 0 Å². The van der Waals surface area contributed by atoms with Gasteiger partial charge in [-0.2, -0.15) is 5.10 Å². The molecule has 2 unspecified atom stereocenters. The molecule has 0 saturated carbocycles. The van der Waals surface area contributed by atoms with E-state index in [0.717, 1.165) is 38.0 Å². The lowest BCUT2D eigenvalue weighted by Gasteiger charge is -2.38. The number of carbonyl (C=O) groups is 1. The molecule has 2 atom stereocenters. The van der Waals surface area contributed by atoms with E-state index in [1.165, 1.54) is 0 Å². The molecule has 5 nitrogen and oxygen atoms in total. The van der Waals surface area contributed by atoms with Crippen molar-refractivity contribution < 1.29 is 4.79 Å². The van der Waals surface area contributed by atoms with Crippen LogP contribution >= 0.6 is 0 Å². The molecule has 1 aliphatic heterocycles. The standard InChI is InChI=1S/C15H26N4O/c1-5-11-10-19(8-7-13(11)16-3)15(20)14-9-12(6-2)17-18(14)4/h9,11,13,16H,5-8,10H2,1-4H3. The predicted octanol–water partition coefficient (Wildman–Crippen LogP) is 1.44. The Labute approximate surface area is 121 Å². The topological polar surface area (TPSA) is 50.2 Å². The summed E-state index contributed by atoms with van der Waals surface area (Å²) in [6.07, 6.45) is 2.99. The smallest absolute Gasteiger partial charge is 0.272 e. The third-order valence-corrected chi connectivity index (χ3v) is 4.43. The van der Waals surface area contributed by atoms with Crippen LogP contribution < -0.4 is 5.32 Å². The fraction of sp³-hybridized carbons (Fsp3) is 0.733. The molecule has 1 fully saturated rings. The van der Waals surface area contributed by atoms with Crippen LogP contribution in [0.3, 0.4) is 0 Å². The number of rotatable bonds is 4. The van der Waals surface area contributed by atoms with Gasteiger partial charge >= 0.3 is 0 Å². The minimum absolute atomic E-state index is 0.118. The van der Waals surface area contributed by atoms with E-state index < -0.39 is 0 Å². The number of hydrogen-bond acceptors (Lipinski definition) is 3. The van der Waals surface area contributed by atoms with Gasteiger partial charge in [0.15, 0.2) is 0 Å². The second-order valence-electron chi connectivity index (χ2n) is 5.60. The molecule has 2 heterocycles. The van der Waals surface area contributed by atoms with E-state index in [-0.39, 0.29) is 5.91 Å². The molecule has 0 spiro atoms. The summed E-state index contributed by atoms with van der Waals surface area (Å²) in [6, 6.07) is 2.45. The third-order valence-electron chi connectivity index (χ3n) is 4.43. The van der Waals surface area contributed by atoms with Crippen molar-refractivity contribution in [1.82, 2.24) is 20.0 Å². The molecule has 112 valence electrons. The van der Waals surface area contributed by atoms with Gasteiger partial charge in [-0.05, 0) is 31.9 Å². The molecule has 0 aliphatic carbocycles. The number of piperidine rings is 1. The minimum atomic E-state index is 0.118. The number of nitrogens with one attached hydrogen (secondary N) is 1. The van der Waals surface area contributed by atoms with Gasteiger partial charge in [0.25, 0.3) is 5.91 Å². The lowest BCUT2D eigenvalue weighted by molar-refractivity contribution is 0.0620. The van der Waals surface area contributed by atoms with Gasteiger partial charge in [0.2, 0.25) is 0 Å². The van der Waals surface area contributed by atoms with Gasteiger partial charge in [0, 0.05) is 26.2 Å². The molecule has 1 aliphatic rings. The summed E-state index contributed by atoms with van der Waals surface area (Å²) in [5, 5.41) is 7.75. The van der Waals surface area contributed by atoms with Crippen LogP contribution in [0.2, 0.25) is 0 Å². The number of likely N-dealkylation sites (tertiary alicyclic amines) is 1. The van der Waals surface area contributed by atoms with E-state index in [9.17, 15) is 4.79 Å². The molecule has 2 rings (SSSR count). The van der Waals surface area contributed by atoms with E-state index in [4.69, 9.17) is 0 Å². The van der Waals surface area contributed by atoms with Crippen molar-refractivity contribution in [1.29, 1.82) is 0 Å². The summed E-state index contributed by atoms with van der Waals surface area (Å²) in [4.78, 5) is 14.6. The van der Waals surface area contributed by atoms with Gasteiger partial charge < -0.3 is 10.2 Å². The first-order chi connectivity index (χ1) is 9.60. The molecule has 0 radical (unpaired) electrons. The predicted molar refractivity (Wildman–Crippen MR) is 79.7 cm³/mol. The number of carbonyl (C=O) groups excluding carboxylic acids is 1. The van der Waals surface area contributed by atoms with E-state index in [0.29, 0.717) is 17.7 Å². The maximum Gasteiger partial charge on any atom is 0.272 e. The van der Waals surface area contributed by atoms with Crippen LogP contribution in [0.5, 0.6) is 0 Å². The molecule has 1 N–H and O–H groups in total. The number of hydrogen-bond donors (Lipinski definition) is 1. The van der Waals surface area contributed by atoms with Gasteiger partial charge in [-0.3, -0.25) is 9.48 Å². The summed E-state index contributed by atoms with van der Waals surface area (Å²) < 4.78 is 1.71. The van der Waals surface area contributed by atoms with E-state index in [1.807, 2.05) is 25.1 Å². The van der Waals surface area contributed by atoms with Crippen LogP contribution in [-0.2, 0) is 13.5 Å². The Morgan fingerprint density at radius 1 is 1.50 bits per heavy atom. The maximum absolute atomic E-state index is 12.7. The summed E-state index contributed by atoms with van der Waals surface area (Å²) >= 11 is 0. The molecule has 0 bridgehead atoms. The normalized spacial score (nSPS) is 23.1. The van der Waals surface area contributed by atoms with Crippen LogP contribution in [0.1, 0.15) is 42.9 Å². The van der Waals surface area contributed by atoms with E-state index >= 15 is 0 Å². The van der Waals surface area contributed by atoms with Crippen LogP contribution in [0, 0.1) is 5.92 Å². The third kappa shape index (κ3) is 2.87. The highest BCUT2D eigenvalue weighted by atomic mass is 16.2. The Bertz CT molecular complexity index is 468. The second kappa shape index (κ2) is 6.39. The Kier molecular flexibility index (Phi) is 4.81. The highest BCUT2D eigenvalue weighted by Crippen LogP contribution is 2.21. The van der Waals surface area contributed by atoms with Crippen LogP contribution in [0.15, 0.2) is 6.07 Å². The highest BCUT2D eigenvalue weighted by Gasteiger charge is 2.30. The summed E-state index contributed by atoms with van der Waals surface area (Å²) in [7, 11) is 3.86. The van der Waals surface area contributed by atoms with Crippen molar-refractivity contribution in [3.8, 4) is 0 Å². The minimum Gasteiger partial charge on any atom is -0.337 e. The number of amides is 1. The first-order valence-corrected chi connectivity index (χ1v) is 7.60. The van der Waals surface area contributed by atoms with Crippen molar-refractivity contribution >= 4 is 5.91 Å². The number of nitrogens with zero attached hydrogens (tertiary/aromatic N) is 3. The molecule has 5 heteroatoms. The SMILES string of the molecule is CCc1cc(C(=O)N2CCC(NC)C(CC)C2)n(C)n1. The molecule has 1 amide bonds. The fourth-order valence-corrected chi connectivity index (χ4v) is 3.07. The van der Waals surface area contributed by atoms with Gasteiger partial charge in [0.05, 0.1) is 5.69 Å². The van der Waals surface area contributed by atoms with Gasteiger partial charge in [-0.1, -0.05) is 20.3 Å². The average molecular weight is 278 g/mol. The molecule has 1 saturated heterocycles. The highest BCUT2D eigenvalue weighted by molar-refractivity contribution is 5.92. The number of aromatic nitrogens is 2. The van der Waals surface area contributed by atoms with Crippen molar-refractivity contribution in [2.24, 2.45) is 13.0 Å². The Morgan fingerprint density at radius 3 is 2.80 bits per heavy atom. The fourth-order valence-electron chi connectivity index (χ4n) is 3.07. The van der Waals surface area contributed by atoms with Crippen LogP contribution in [0.4, 0.5) is 0 Å². The van der Waals surface area contributed by atoms with Crippen molar-refractivity contribution in [2.75, 3.05) is 20.1 Å². The Balaban J connectivity index is 2.11. The molecular formula is C15H26N4O. The first-order valence-electron chi connectivity index (χ1n) is 7.60. The molecular weight excluding hydrogens is 252 g/mol. The summed E-state index contributed by atoms with van der Waals surface area (Å²) in [5.41, 5.74) is 1.69. The summed E-state index contributed by atoms with van der Waals surface area (Å²) in [6.45, 7) is 5.92. The van der Waals surface area contributed by atoms with E-state index in [2.05, 4.69) is 24.3 Å². The largest absolute Gasteiger partial charge is 0.337 e. The zero-order chi connectivity index (χ0) is 14.7. The lowest BCUT2D eigenvalue weighted by Crippen LogP contribution is -2.50. The lowest BCUT2D eigenvalue weighted by atomic mass is 9.90. The maximum atomic E-state index is 12.7. The zero-order valence-electron chi connectivity index (χ0n) is 13.0. The quantitative estimate of drug-likeness (QED) is 0.907. The van der Waals surface area contributed by atoms with Crippen LogP contribution in [0.25, 0.3) is 0 Å². The van der Waals surface area contributed by atoms with Gasteiger partial charge in [0.1, 0.15) is 5.69 Å². The van der Waals surface area contributed by atoms with Crippen molar-refractivity contribution in [3.63, 3.8) is 0 Å². The Hall–Kier alpha value is -1.36. The first kappa shape index (κ1) is 15.0. The van der Waals surface area contributed by atoms with Crippen LogP contribution in [-0.4, -0.2) is 46.8 Å².